The fraction of sp³-hybridized carbons (Fsp3) is 0.348. The van der Waals surface area contributed by atoms with Gasteiger partial charge in [0.2, 0.25) is 5.91 Å². The van der Waals surface area contributed by atoms with Crippen LogP contribution in [0.1, 0.15) is 39.2 Å². The molecule has 0 spiro atoms. The average molecular weight is 407 g/mol. The van der Waals surface area contributed by atoms with Crippen molar-refractivity contribution in [3.05, 3.63) is 69.4 Å². The Balaban J connectivity index is 1.92. The van der Waals surface area contributed by atoms with Gasteiger partial charge in [0.25, 0.3) is 5.56 Å². The number of hydrogen-bond acceptors (Lipinski definition) is 4. The predicted octanol–water partition coefficient (Wildman–Crippen LogP) is 2.78. The number of carbonyl (C=O) groups excluding carboxylic acids is 1. The third kappa shape index (κ3) is 3.63. The molecule has 1 amide bonds. The third-order valence-electron chi connectivity index (χ3n) is 5.33. The summed E-state index contributed by atoms with van der Waals surface area (Å²) in [5.41, 5.74) is -0.0352. The molecule has 1 atom stereocenters. The summed E-state index contributed by atoms with van der Waals surface area (Å²) in [6, 6.07) is 13.2. The monoisotopic (exact) mass is 407 g/mol. The van der Waals surface area contributed by atoms with Crippen molar-refractivity contribution in [2.24, 2.45) is 0 Å². The molecule has 7 nitrogen and oxygen atoms in total. The number of aromatic nitrogens is 2. The van der Waals surface area contributed by atoms with Crippen molar-refractivity contribution in [1.82, 2.24) is 14.5 Å². The van der Waals surface area contributed by atoms with Crippen molar-refractivity contribution in [2.45, 2.75) is 45.2 Å². The molecule has 0 aliphatic heterocycles. The zero-order valence-electron chi connectivity index (χ0n) is 17.1. The predicted molar refractivity (Wildman–Crippen MR) is 115 cm³/mol. The number of nitrogens with one attached hydrogen (secondary N) is 1. The first-order valence-electron chi connectivity index (χ1n) is 10.3. The molecule has 1 aliphatic rings. The molecule has 2 aromatic carbocycles. The first-order valence-corrected chi connectivity index (χ1v) is 10.3. The van der Waals surface area contributed by atoms with E-state index in [-0.39, 0.29) is 11.9 Å². The maximum atomic E-state index is 13.5. The second kappa shape index (κ2) is 8.18. The van der Waals surface area contributed by atoms with Gasteiger partial charge in [0.15, 0.2) is 0 Å². The molecule has 1 heterocycles. The van der Waals surface area contributed by atoms with Crippen LogP contribution in [0.15, 0.2) is 58.1 Å². The van der Waals surface area contributed by atoms with E-state index in [4.69, 9.17) is 4.74 Å². The lowest BCUT2D eigenvalue weighted by atomic mass is 10.1. The van der Waals surface area contributed by atoms with Gasteiger partial charge >= 0.3 is 5.69 Å². The van der Waals surface area contributed by atoms with Crippen molar-refractivity contribution in [1.29, 1.82) is 0 Å². The van der Waals surface area contributed by atoms with Gasteiger partial charge in [0.05, 0.1) is 23.2 Å². The Labute approximate surface area is 173 Å². The minimum atomic E-state index is -0.697. The van der Waals surface area contributed by atoms with E-state index in [0.29, 0.717) is 35.4 Å². The zero-order chi connectivity index (χ0) is 21.3. The number of rotatable bonds is 7. The van der Waals surface area contributed by atoms with Crippen LogP contribution >= 0.6 is 0 Å². The van der Waals surface area contributed by atoms with Gasteiger partial charge in [0, 0.05) is 6.04 Å². The largest absolute Gasteiger partial charge is 0.494 e. The summed E-state index contributed by atoms with van der Waals surface area (Å²) in [5, 5.41) is 3.38. The summed E-state index contributed by atoms with van der Waals surface area (Å²) in [6.45, 7) is 4.28. The second-order valence-corrected chi connectivity index (χ2v) is 7.44. The number of ether oxygens (including phenoxy) is 1. The molecule has 1 saturated carbocycles. The molecule has 4 rings (SSSR count). The van der Waals surface area contributed by atoms with E-state index in [1.165, 1.54) is 4.57 Å². The molecule has 0 saturated heterocycles. The first-order chi connectivity index (χ1) is 14.5. The Bertz CT molecular complexity index is 1190. The quantitative estimate of drug-likeness (QED) is 0.653. The Morgan fingerprint density at radius 2 is 1.80 bits per heavy atom. The van der Waals surface area contributed by atoms with E-state index in [9.17, 15) is 14.4 Å². The Morgan fingerprint density at radius 3 is 2.43 bits per heavy atom. The van der Waals surface area contributed by atoms with Crippen LogP contribution in [-0.2, 0) is 4.79 Å². The van der Waals surface area contributed by atoms with Gasteiger partial charge in [-0.05, 0) is 62.6 Å². The van der Waals surface area contributed by atoms with Gasteiger partial charge in [-0.3, -0.25) is 14.2 Å². The number of benzene rings is 2. The van der Waals surface area contributed by atoms with Crippen molar-refractivity contribution < 1.29 is 9.53 Å². The summed E-state index contributed by atoms with van der Waals surface area (Å²) in [6.07, 6.45) is 2.36. The lowest BCUT2D eigenvalue weighted by Gasteiger charge is -2.21. The second-order valence-electron chi connectivity index (χ2n) is 7.44. The van der Waals surface area contributed by atoms with E-state index < -0.39 is 17.3 Å². The van der Waals surface area contributed by atoms with E-state index >= 15 is 0 Å². The van der Waals surface area contributed by atoms with Crippen LogP contribution in [0.2, 0.25) is 0 Å². The van der Waals surface area contributed by atoms with E-state index in [2.05, 4.69) is 5.32 Å². The summed E-state index contributed by atoms with van der Waals surface area (Å²) < 4.78 is 8.04. The van der Waals surface area contributed by atoms with Gasteiger partial charge in [-0.2, -0.15) is 0 Å². The molecule has 3 aromatic rings. The van der Waals surface area contributed by atoms with Gasteiger partial charge < -0.3 is 10.1 Å². The normalized spacial score (nSPS) is 14.5. The molecule has 1 N–H and O–H groups in total. The molecule has 0 radical (unpaired) electrons. The van der Waals surface area contributed by atoms with Crippen molar-refractivity contribution >= 4 is 16.8 Å². The average Bonchev–Trinajstić information content (AvgIpc) is 3.56. The number of para-hydroxylation sites is 1. The molecule has 1 aliphatic carbocycles. The highest BCUT2D eigenvalue weighted by Gasteiger charge is 2.30. The van der Waals surface area contributed by atoms with Gasteiger partial charge in [0.1, 0.15) is 11.8 Å². The highest BCUT2D eigenvalue weighted by molar-refractivity contribution is 5.85. The van der Waals surface area contributed by atoms with E-state index in [0.717, 1.165) is 17.4 Å². The summed E-state index contributed by atoms with van der Waals surface area (Å²) >= 11 is 0. The lowest BCUT2D eigenvalue weighted by molar-refractivity contribution is -0.124. The van der Waals surface area contributed by atoms with Crippen LogP contribution in [0.4, 0.5) is 0 Å². The maximum absolute atomic E-state index is 13.5. The van der Waals surface area contributed by atoms with Crippen molar-refractivity contribution in [3.63, 3.8) is 0 Å². The highest BCUT2D eigenvalue weighted by Crippen LogP contribution is 2.22. The number of carbonyl (C=O) groups is 1. The van der Waals surface area contributed by atoms with Crippen molar-refractivity contribution in [3.8, 4) is 11.4 Å². The molecule has 1 fully saturated rings. The maximum Gasteiger partial charge on any atom is 0.336 e. The number of nitrogens with zero attached hydrogens (tertiary/aromatic N) is 2. The molecular formula is C23H25N3O4. The third-order valence-corrected chi connectivity index (χ3v) is 5.33. The number of amides is 1. The molecule has 7 heteroatoms. The van der Waals surface area contributed by atoms with E-state index in [1.807, 2.05) is 13.8 Å². The molecule has 1 unspecified atom stereocenters. The SMILES string of the molecule is CCOc1ccc(-n2c(=O)c3ccccc3n(C(CC)C(=O)NC3CC3)c2=O)cc1. The zero-order valence-corrected chi connectivity index (χ0v) is 17.1. The van der Waals surface area contributed by atoms with Crippen LogP contribution in [0.5, 0.6) is 5.75 Å². The highest BCUT2D eigenvalue weighted by atomic mass is 16.5. The Hall–Kier alpha value is -3.35. The van der Waals surface area contributed by atoms with Gasteiger partial charge in [-0.25, -0.2) is 9.36 Å². The Kier molecular flexibility index (Phi) is 5.44. The molecule has 1 aromatic heterocycles. The van der Waals surface area contributed by atoms with Crippen LogP contribution in [0, 0.1) is 0 Å². The minimum absolute atomic E-state index is 0.186. The van der Waals surface area contributed by atoms with Crippen molar-refractivity contribution in [2.75, 3.05) is 6.61 Å². The number of hydrogen-bond donors (Lipinski definition) is 1. The van der Waals surface area contributed by atoms with Crippen LogP contribution < -0.4 is 21.3 Å². The topological polar surface area (TPSA) is 82.3 Å². The summed E-state index contributed by atoms with van der Waals surface area (Å²) in [7, 11) is 0. The van der Waals surface area contributed by atoms with Crippen LogP contribution in [-0.4, -0.2) is 27.7 Å². The standard InChI is InChI=1S/C23H25N3O4/c1-3-19(21(27)24-15-9-10-15)26-20-8-6-5-7-18(20)22(28)25(23(26)29)16-11-13-17(14-12-16)30-4-2/h5-8,11-15,19H,3-4,9-10H2,1-2H3,(H,24,27). The fourth-order valence-electron chi connectivity index (χ4n) is 3.68. The van der Waals surface area contributed by atoms with Crippen LogP contribution in [0.3, 0.4) is 0 Å². The van der Waals surface area contributed by atoms with Gasteiger partial charge in [-0.1, -0.05) is 19.1 Å². The smallest absolute Gasteiger partial charge is 0.336 e. The Morgan fingerprint density at radius 1 is 1.10 bits per heavy atom. The minimum Gasteiger partial charge on any atom is -0.494 e. The molecule has 30 heavy (non-hydrogen) atoms. The summed E-state index contributed by atoms with van der Waals surface area (Å²) in [4.78, 5) is 39.6. The van der Waals surface area contributed by atoms with E-state index in [1.54, 1.807) is 48.5 Å². The molecule has 0 bridgehead atoms. The summed E-state index contributed by atoms with van der Waals surface area (Å²) in [5.74, 6) is 0.467. The fourth-order valence-corrected chi connectivity index (χ4v) is 3.68. The lowest BCUT2D eigenvalue weighted by Crippen LogP contribution is -2.44. The number of fused-ring (bicyclic) bond motifs is 1. The molecule has 156 valence electrons. The van der Waals surface area contributed by atoms with Crippen LogP contribution in [0.25, 0.3) is 16.6 Å². The molecular weight excluding hydrogens is 382 g/mol. The van der Waals surface area contributed by atoms with Gasteiger partial charge in [-0.15, -0.1) is 0 Å². The first kappa shape index (κ1) is 19.9.